The minimum Gasteiger partial charge on any atom is -0.395 e. The smallest absolute Gasteiger partial charge is 0.237 e. The number of carbonyl (C=O) groups is 1. The van der Waals surface area contributed by atoms with Gasteiger partial charge in [0.1, 0.15) is 6.17 Å². The summed E-state index contributed by atoms with van der Waals surface area (Å²) in [4.78, 5) is 18.5. The molecule has 0 saturated carbocycles. The quantitative estimate of drug-likeness (QED) is 0.807. The molecule has 1 aromatic carbocycles. The summed E-state index contributed by atoms with van der Waals surface area (Å²) in [7, 11) is 0. The molecule has 0 bridgehead atoms. The third-order valence-electron chi connectivity index (χ3n) is 4.82. The molecule has 0 aliphatic carbocycles. The van der Waals surface area contributed by atoms with Gasteiger partial charge in [-0.05, 0) is 37.6 Å². The van der Waals surface area contributed by atoms with E-state index in [9.17, 15) is 9.90 Å². The fraction of sp³-hybridized carbons (Fsp3) is 0.333. The van der Waals surface area contributed by atoms with Gasteiger partial charge >= 0.3 is 0 Å². The predicted octanol–water partition coefficient (Wildman–Crippen LogP) is 2.23. The van der Waals surface area contributed by atoms with Gasteiger partial charge in [0.05, 0.1) is 29.1 Å². The van der Waals surface area contributed by atoms with E-state index in [1.807, 2.05) is 44.3 Å². The maximum Gasteiger partial charge on any atom is 0.237 e. The first kappa shape index (κ1) is 15.0. The van der Waals surface area contributed by atoms with Crippen molar-refractivity contribution < 1.29 is 9.90 Å². The first-order valence-corrected chi connectivity index (χ1v) is 8.06. The summed E-state index contributed by atoms with van der Waals surface area (Å²) in [6.45, 7) is 4.12. The van der Waals surface area contributed by atoms with Gasteiger partial charge < -0.3 is 20.6 Å². The van der Waals surface area contributed by atoms with Gasteiger partial charge in [0.25, 0.3) is 0 Å². The number of benzene rings is 1. The molecule has 124 valence electrons. The van der Waals surface area contributed by atoms with Crippen LogP contribution in [0.1, 0.15) is 31.1 Å². The average molecular weight is 324 g/mol. The van der Waals surface area contributed by atoms with Gasteiger partial charge in [0.15, 0.2) is 0 Å². The lowest BCUT2D eigenvalue weighted by Crippen LogP contribution is -2.37. The van der Waals surface area contributed by atoms with Gasteiger partial charge in [0.2, 0.25) is 5.91 Å². The van der Waals surface area contributed by atoms with Crippen molar-refractivity contribution in [3.63, 3.8) is 0 Å². The Labute approximate surface area is 140 Å². The molecule has 2 aliphatic rings. The summed E-state index contributed by atoms with van der Waals surface area (Å²) in [5, 5.41) is 16.2. The van der Waals surface area contributed by atoms with E-state index in [0.717, 1.165) is 28.2 Å². The molecule has 1 atom stereocenters. The number of hydrogen-bond acceptors (Lipinski definition) is 5. The minimum absolute atomic E-state index is 0.0269. The van der Waals surface area contributed by atoms with Crippen molar-refractivity contribution in [2.24, 2.45) is 0 Å². The van der Waals surface area contributed by atoms with E-state index < -0.39 is 5.41 Å². The van der Waals surface area contributed by atoms with Gasteiger partial charge in [-0.25, -0.2) is 0 Å². The molecular weight excluding hydrogens is 304 g/mol. The zero-order valence-electron chi connectivity index (χ0n) is 13.7. The lowest BCUT2D eigenvalue weighted by Gasteiger charge is -2.19. The Kier molecular flexibility index (Phi) is 3.25. The van der Waals surface area contributed by atoms with E-state index in [-0.39, 0.29) is 18.7 Å². The molecule has 3 heterocycles. The Morgan fingerprint density at radius 2 is 2.04 bits per heavy atom. The number of amides is 1. The topological polar surface area (TPSA) is 77.5 Å². The Morgan fingerprint density at radius 3 is 2.71 bits per heavy atom. The summed E-state index contributed by atoms with van der Waals surface area (Å²) in [6.07, 6.45) is 3.54. The maximum absolute atomic E-state index is 12.7. The molecule has 4 rings (SSSR count). The van der Waals surface area contributed by atoms with E-state index in [1.54, 1.807) is 11.1 Å². The highest BCUT2D eigenvalue weighted by molar-refractivity contribution is 6.09. The van der Waals surface area contributed by atoms with Crippen LogP contribution in [0, 0.1) is 0 Å². The van der Waals surface area contributed by atoms with Crippen molar-refractivity contribution in [2.45, 2.75) is 25.4 Å². The highest BCUT2D eigenvalue weighted by Gasteiger charge is 2.44. The fourth-order valence-corrected chi connectivity index (χ4v) is 3.50. The largest absolute Gasteiger partial charge is 0.395 e. The Hall–Kier alpha value is -2.60. The Balaban J connectivity index is 1.73. The number of anilines is 3. The molecule has 2 aliphatic heterocycles. The summed E-state index contributed by atoms with van der Waals surface area (Å²) in [5.41, 5.74) is 4.26. The van der Waals surface area contributed by atoms with Gasteiger partial charge in [-0.15, -0.1) is 0 Å². The van der Waals surface area contributed by atoms with Crippen molar-refractivity contribution in [3.8, 4) is 0 Å². The molecule has 6 nitrogen and oxygen atoms in total. The molecule has 1 amide bonds. The van der Waals surface area contributed by atoms with E-state index in [1.165, 1.54) is 0 Å². The number of rotatable bonds is 3. The average Bonchev–Trinajstić information content (AvgIpc) is 3.08. The number of pyridine rings is 1. The van der Waals surface area contributed by atoms with Crippen LogP contribution in [0.2, 0.25) is 0 Å². The van der Waals surface area contributed by atoms with Crippen LogP contribution in [0.5, 0.6) is 0 Å². The molecule has 0 spiro atoms. The van der Waals surface area contributed by atoms with E-state index in [0.29, 0.717) is 6.54 Å². The number of nitrogens with one attached hydrogen (secondary N) is 2. The molecule has 1 unspecified atom stereocenters. The van der Waals surface area contributed by atoms with Gasteiger partial charge in [-0.3, -0.25) is 9.78 Å². The SMILES string of the molecule is CC1(C)C(=O)N(CCO)c2cc3c(cc21)NC(c1cccnc1)N3. The number of fused-ring (bicyclic) bond motifs is 2. The van der Waals surface area contributed by atoms with Crippen LogP contribution in [-0.2, 0) is 10.2 Å². The number of β-amino-alcohol motifs (C(OH)–C–C–N with tert-alkyl or cyclic N) is 1. The second kappa shape index (κ2) is 5.21. The third-order valence-corrected chi connectivity index (χ3v) is 4.82. The standard InChI is InChI=1S/C18H20N4O2/c1-18(2)12-8-13-14(9-15(12)22(6-7-23)17(18)24)21-16(20-13)11-4-3-5-19-10-11/h3-5,8-10,16,20-21,23H,6-7H2,1-2H3. The summed E-state index contributed by atoms with van der Waals surface area (Å²) >= 11 is 0. The van der Waals surface area contributed by atoms with Gasteiger partial charge in [-0.2, -0.15) is 0 Å². The van der Waals surface area contributed by atoms with Crippen LogP contribution in [0.15, 0.2) is 36.7 Å². The molecule has 24 heavy (non-hydrogen) atoms. The first-order valence-electron chi connectivity index (χ1n) is 8.06. The zero-order valence-corrected chi connectivity index (χ0v) is 13.7. The highest BCUT2D eigenvalue weighted by atomic mass is 16.3. The number of aliphatic hydroxyl groups excluding tert-OH is 1. The van der Waals surface area contributed by atoms with E-state index in [4.69, 9.17) is 0 Å². The van der Waals surface area contributed by atoms with Gasteiger partial charge in [0, 0.05) is 24.5 Å². The van der Waals surface area contributed by atoms with Gasteiger partial charge in [-0.1, -0.05) is 6.07 Å². The maximum atomic E-state index is 12.7. The van der Waals surface area contributed by atoms with Crippen molar-refractivity contribution in [2.75, 3.05) is 28.7 Å². The second-order valence-electron chi connectivity index (χ2n) is 6.73. The molecular formula is C18H20N4O2. The number of carbonyl (C=O) groups excluding carboxylic acids is 1. The van der Waals surface area contributed by atoms with Crippen molar-refractivity contribution >= 4 is 23.0 Å². The van der Waals surface area contributed by atoms with Crippen LogP contribution in [-0.4, -0.2) is 29.1 Å². The fourth-order valence-electron chi connectivity index (χ4n) is 3.50. The van der Waals surface area contributed by atoms with Crippen LogP contribution >= 0.6 is 0 Å². The normalized spacial score (nSPS) is 20.4. The molecule has 6 heteroatoms. The third kappa shape index (κ3) is 2.06. The zero-order chi connectivity index (χ0) is 16.9. The molecule has 3 N–H and O–H groups in total. The van der Waals surface area contributed by atoms with Crippen molar-refractivity contribution in [1.29, 1.82) is 0 Å². The monoisotopic (exact) mass is 324 g/mol. The number of aromatic nitrogens is 1. The predicted molar refractivity (Wildman–Crippen MR) is 93.1 cm³/mol. The number of hydrogen-bond donors (Lipinski definition) is 3. The number of nitrogens with zero attached hydrogens (tertiary/aromatic N) is 2. The lowest BCUT2D eigenvalue weighted by molar-refractivity contribution is -0.122. The Bertz CT molecular complexity index is 804. The minimum atomic E-state index is -0.590. The molecule has 0 saturated heterocycles. The summed E-state index contributed by atoms with van der Waals surface area (Å²) in [6, 6.07) is 7.97. The van der Waals surface area contributed by atoms with E-state index >= 15 is 0 Å². The first-order chi connectivity index (χ1) is 11.5. The second-order valence-corrected chi connectivity index (χ2v) is 6.73. The molecule has 0 radical (unpaired) electrons. The summed E-state index contributed by atoms with van der Waals surface area (Å²) < 4.78 is 0. The van der Waals surface area contributed by atoms with Crippen LogP contribution < -0.4 is 15.5 Å². The van der Waals surface area contributed by atoms with Crippen LogP contribution in [0.4, 0.5) is 17.1 Å². The molecule has 0 fully saturated rings. The Morgan fingerprint density at radius 1 is 1.29 bits per heavy atom. The van der Waals surface area contributed by atoms with Crippen molar-refractivity contribution in [3.05, 3.63) is 47.8 Å². The van der Waals surface area contributed by atoms with Crippen LogP contribution in [0.3, 0.4) is 0 Å². The lowest BCUT2D eigenvalue weighted by atomic mass is 9.86. The van der Waals surface area contributed by atoms with Crippen LogP contribution in [0.25, 0.3) is 0 Å². The molecule has 2 aromatic rings. The van der Waals surface area contributed by atoms with Crippen molar-refractivity contribution in [1.82, 2.24) is 4.98 Å². The van der Waals surface area contributed by atoms with E-state index in [2.05, 4.69) is 15.6 Å². The number of aliphatic hydroxyl groups is 1. The molecule has 1 aromatic heterocycles. The summed E-state index contributed by atoms with van der Waals surface area (Å²) in [5.74, 6) is 0.0269. The highest BCUT2D eigenvalue weighted by Crippen LogP contribution is 2.48.